The zero-order valence-corrected chi connectivity index (χ0v) is 9.96. The summed E-state index contributed by atoms with van der Waals surface area (Å²) in [6.07, 6.45) is 9.00. The van der Waals surface area contributed by atoms with Crippen LogP contribution in [-0.4, -0.2) is 6.21 Å². The molecule has 0 saturated heterocycles. The van der Waals surface area contributed by atoms with Crippen molar-refractivity contribution in [3.05, 3.63) is 35.1 Å². The van der Waals surface area contributed by atoms with E-state index in [2.05, 4.69) is 31.8 Å². The first-order chi connectivity index (χ1) is 6.67. The van der Waals surface area contributed by atoms with Crippen LogP contribution in [0.4, 0.5) is 0 Å². The van der Waals surface area contributed by atoms with E-state index in [9.17, 15) is 0 Å². The average molecular weight is 191 g/mol. The number of hydrogen-bond donors (Lipinski definition) is 0. The summed E-state index contributed by atoms with van der Waals surface area (Å²) < 4.78 is 0. The van der Waals surface area contributed by atoms with Crippen LogP contribution in [0.25, 0.3) is 0 Å². The van der Waals surface area contributed by atoms with Crippen LogP contribution < -0.4 is 0 Å². The van der Waals surface area contributed by atoms with Gasteiger partial charge in [-0.2, -0.15) is 0 Å². The van der Waals surface area contributed by atoms with Gasteiger partial charge in [-0.1, -0.05) is 24.6 Å². The average Bonchev–Trinajstić information content (AvgIpc) is 2.22. The summed E-state index contributed by atoms with van der Waals surface area (Å²) in [7, 11) is 0. The Kier molecular flexibility index (Phi) is 6.73. The van der Waals surface area contributed by atoms with Gasteiger partial charge in [0.2, 0.25) is 0 Å². The molecule has 1 heteroatoms. The van der Waals surface area contributed by atoms with E-state index in [1.54, 1.807) is 0 Å². The summed E-state index contributed by atoms with van der Waals surface area (Å²) >= 11 is 0. The molecule has 1 nitrogen and oxygen atoms in total. The predicted molar refractivity (Wildman–Crippen MR) is 65.7 cm³/mol. The van der Waals surface area contributed by atoms with Crippen molar-refractivity contribution in [1.82, 2.24) is 0 Å². The SMILES string of the molecule is C\C=C/C=C(\N=C/C)C(/C)=C(\C)CC. The molecule has 0 bridgehead atoms. The number of allylic oxidation sites excluding steroid dienone is 5. The third-order valence-corrected chi connectivity index (χ3v) is 2.27. The van der Waals surface area contributed by atoms with Gasteiger partial charge in [-0.15, -0.1) is 0 Å². The second-order valence-electron chi connectivity index (χ2n) is 3.22. The van der Waals surface area contributed by atoms with Crippen LogP contribution in [0.2, 0.25) is 0 Å². The van der Waals surface area contributed by atoms with Gasteiger partial charge in [-0.25, -0.2) is 0 Å². The second-order valence-corrected chi connectivity index (χ2v) is 3.22. The monoisotopic (exact) mass is 191 g/mol. The molecular formula is C13H21N. The lowest BCUT2D eigenvalue weighted by Crippen LogP contribution is -1.87. The molecule has 0 spiro atoms. The first kappa shape index (κ1) is 12.9. The van der Waals surface area contributed by atoms with Crippen LogP contribution in [-0.2, 0) is 0 Å². The Labute approximate surface area is 87.9 Å². The summed E-state index contributed by atoms with van der Waals surface area (Å²) in [5.74, 6) is 0. The summed E-state index contributed by atoms with van der Waals surface area (Å²) in [6, 6.07) is 0. The summed E-state index contributed by atoms with van der Waals surface area (Å²) in [5.41, 5.74) is 3.74. The number of hydrogen-bond acceptors (Lipinski definition) is 1. The highest BCUT2D eigenvalue weighted by Gasteiger charge is 1.99. The number of rotatable bonds is 4. The lowest BCUT2D eigenvalue weighted by atomic mass is 10.1. The fraction of sp³-hybridized carbons (Fsp3) is 0.462. The van der Waals surface area contributed by atoms with E-state index in [-0.39, 0.29) is 0 Å². The Morgan fingerprint density at radius 2 is 1.86 bits per heavy atom. The molecule has 0 aliphatic carbocycles. The summed E-state index contributed by atoms with van der Waals surface area (Å²) in [5, 5.41) is 0. The van der Waals surface area contributed by atoms with Gasteiger partial charge in [0.05, 0.1) is 5.70 Å². The van der Waals surface area contributed by atoms with E-state index in [0.717, 1.165) is 12.1 Å². The Morgan fingerprint density at radius 1 is 1.21 bits per heavy atom. The quantitative estimate of drug-likeness (QED) is 0.464. The minimum Gasteiger partial charge on any atom is -0.261 e. The normalized spacial score (nSPS) is 15.4. The van der Waals surface area contributed by atoms with E-state index >= 15 is 0 Å². The topological polar surface area (TPSA) is 12.4 Å². The largest absolute Gasteiger partial charge is 0.261 e. The van der Waals surface area contributed by atoms with Crippen LogP contribution in [0, 0.1) is 0 Å². The molecule has 0 unspecified atom stereocenters. The third kappa shape index (κ3) is 4.22. The lowest BCUT2D eigenvalue weighted by molar-refractivity contribution is 1.05. The molecule has 0 aliphatic heterocycles. The van der Waals surface area contributed by atoms with Crippen LogP contribution in [0.15, 0.2) is 40.1 Å². The van der Waals surface area contributed by atoms with E-state index in [1.807, 2.05) is 32.2 Å². The van der Waals surface area contributed by atoms with Crippen molar-refractivity contribution >= 4 is 6.21 Å². The maximum atomic E-state index is 4.36. The molecule has 0 rings (SSSR count). The van der Waals surface area contributed by atoms with Crippen LogP contribution >= 0.6 is 0 Å². The fourth-order valence-corrected chi connectivity index (χ4v) is 1.08. The van der Waals surface area contributed by atoms with Crippen molar-refractivity contribution in [1.29, 1.82) is 0 Å². The smallest absolute Gasteiger partial charge is 0.0654 e. The molecule has 0 aromatic rings. The fourth-order valence-electron chi connectivity index (χ4n) is 1.08. The van der Waals surface area contributed by atoms with Crippen molar-refractivity contribution in [3.8, 4) is 0 Å². The summed E-state index contributed by atoms with van der Waals surface area (Å²) in [4.78, 5) is 4.36. The maximum absolute atomic E-state index is 4.36. The van der Waals surface area contributed by atoms with Gasteiger partial charge >= 0.3 is 0 Å². The molecule has 0 heterocycles. The van der Waals surface area contributed by atoms with Crippen molar-refractivity contribution in [2.75, 3.05) is 0 Å². The number of nitrogens with zero attached hydrogens (tertiary/aromatic N) is 1. The van der Waals surface area contributed by atoms with Gasteiger partial charge in [0.1, 0.15) is 0 Å². The third-order valence-electron chi connectivity index (χ3n) is 2.27. The molecule has 0 radical (unpaired) electrons. The molecule has 0 aliphatic rings. The van der Waals surface area contributed by atoms with Crippen molar-refractivity contribution < 1.29 is 0 Å². The first-order valence-corrected chi connectivity index (χ1v) is 5.15. The van der Waals surface area contributed by atoms with Gasteiger partial charge in [-0.05, 0) is 45.8 Å². The molecule has 0 fully saturated rings. The predicted octanol–water partition coefficient (Wildman–Crippen LogP) is 4.28. The van der Waals surface area contributed by atoms with Gasteiger partial charge < -0.3 is 0 Å². The minimum atomic E-state index is 1.06. The Morgan fingerprint density at radius 3 is 2.29 bits per heavy atom. The molecule has 0 saturated carbocycles. The van der Waals surface area contributed by atoms with Crippen LogP contribution in [0.1, 0.15) is 41.0 Å². The Bertz CT molecular complexity index is 278. The second kappa shape index (κ2) is 7.31. The molecule has 0 atom stereocenters. The van der Waals surface area contributed by atoms with Gasteiger partial charge in [0, 0.05) is 6.21 Å². The van der Waals surface area contributed by atoms with Crippen molar-refractivity contribution in [2.24, 2.45) is 4.99 Å². The van der Waals surface area contributed by atoms with E-state index in [0.29, 0.717) is 0 Å². The molecular weight excluding hydrogens is 170 g/mol. The van der Waals surface area contributed by atoms with Crippen molar-refractivity contribution in [3.63, 3.8) is 0 Å². The first-order valence-electron chi connectivity index (χ1n) is 5.15. The lowest BCUT2D eigenvalue weighted by Gasteiger charge is -2.05. The molecule has 0 amide bonds. The molecule has 0 N–H and O–H groups in total. The molecule has 78 valence electrons. The number of aliphatic imine (C=N–C) groups is 1. The minimum absolute atomic E-state index is 1.06. The Hall–Kier alpha value is -1.11. The molecule has 0 aromatic carbocycles. The molecule has 0 aromatic heterocycles. The van der Waals surface area contributed by atoms with Crippen LogP contribution in [0.5, 0.6) is 0 Å². The van der Waals surface area contributed by atoms with Gasteiger partial charge in [0.15, 0.2) is 0 Å². The highest BCUT2D eigenvalue weighted by Crippen LogP contribution is 2.17. The van der Waals surface area contributed by atoms with Crippen molar-refractivity contribution in [2.45, 2.75) is 41.0 Å². The Balaban J connectivity index is 5.02. The van der Waals surface area contributed by atoms with Gasteiger partial charge in [0.25, 0.3) is 0 Å². The van der Waals surface area contributed by atoms with Crippen LogP contribution in [0.3, 0.4) is 0 Å². The maximum Gasteiger partial charge on any atom is 0.0654 e. The van der Waals surface area contributed by atoms with E-state index < -0.39 is 0 Å². The van der Waals surface area contributed by atoms with E-state index in [4.69, 9.17) is 0 Å². The highest BCUT2D eigenvalue weighted by atomic mass is 14.7. The summed E-state index contributed by atoms with van der Waals surface area (Å²) in [6.45, 7) is 10.4. The highest BCUT2D eigenvalue weighted by molar-refractivity contribution is 5.57. The van der Waals surface area contributed by atoms with E-state index in [1.165, 1.54) is 11.1 Å². The molecule has 14 heavy (non-hydrogen) atoms. The zero-order valence-electron chi connectivity index (χ0n) is 9.96. The standard InChI is InChI=1S/C13H21N/c1-6-9-10-13(14-8-3)12(5)11(4)7-2/h6,8-10H,7H2,1-5H3/b9-6-,12-11+,13-10-,14-8-. The van der Waals surface area contributed by atoms with Gasteiger partial charge in [-0.3, -0.25) is 4.99 Å². The zero-order chi connectivity index (χ0) is 11.0.